The fourth-order valence-electron chi connectivity index (χ4n) is 3.56. The molecular weight excluding hydrogens is 457 g/mol. The van der Waals surface area contributed by atoms with Crippen molar-refractivity contribution in [2.45, 2.75) is 37.4 Å². The third kappa shape index (κ3) is 7.25. The van der Waals surface area contributed by atoms with Gasteiger partial charge in [-0.3, -0.25) is 4.90 Å². The van der Waals surface area contributed by atoms with E-state index >= 15 is 0 Å². The van der Waals surface area contributed by atoms with E-state index < -0.39 is 46.2 Å². The van der Waals surface area contributed by atoms with Gasteiger partial charge in [0.2, 0.25) is 10.0 Å². The summed E-state index contributed by atoms with van der Waals surface area (Å²) in [6.45, 7) is 3.48. The number of hydrogen-bond donors (Lipinski definition) is 1. The van der Waals surface area contributed by atoms with Crippen LogP contribution in [-0.4, -0.2) is 68.7 Å². The molecule has 0 aromatic heterocycles. The molecule has 3 atom stereocenters. The zero-order valence-corrected chi connectivity index (χ0v) is 20.0. The molecule has 0 radical (unpaired) electrons. The number of aliphatic hydroxyl groups excluding tert-OH is 1. The Morgan fingerprint density at radius 2 is 1.61 bits per heavy atom. The fraction of sp³-hybridized carbons (Fsp3) is 0.478. The highest BCUT2D eigenvalue weighted by atomic mass is 32.2. The minimum atomic E-state index is -4.01. The molecule has 2 aromatic rings. The first kappa shape index (κ1) is 27.3. The van der Waals surface area contributed by atoms with Gasteiger partial charge in [0.25, 0.3) is 0 Å². The topological polar surface area (TPSA) is 70.1 Å². The Balaban J connectivity index is 2.16. The zero-order chi connectivity index (χ0) is 24.8. The van der Waals surface area contributed by atoms with Gasteiger partial charge in [0, 0.05) is 38.3 Å². The van der Waals surface area contributed by atoms with Gasteiger partial charge in [-0.05, 0) is 62.4 Å². The third-order valence-electron chi connectivity index (χ3n) is 5.52. The highest BCUT2D eigenvalue weighted by Crippen LogP contribution is 2.22. The standard InChI is InChI=1S/C23H31F3N2O4S/c1-16(23(32-4)14-27(3)13-18-11-20(25)7-10-22(18)26)12-28(17(2)15-29)33(30,31)21-8-5-19(24)6-9-21/h5-11,16-17,23,29H,12-15H2,1-4H3/t16-,17-,23-/m1/s1. The molecule has 0 aliphatic carbocycles. The number of nitrogens with zero attached hydrogens (tertiary/aromatic N) is 2. The SMILES string of the molecule is CO[C@H](CN(C)Cc1cc(F)ccc1F)[C@H](C)CN([C@H](C)CO)S(=O)(=O)c1ccc(F)cc1. The molecule has 0 aliphatic heterocycles. The van der Waals surface area contributed by atoms with E-state index in [0.717, 1.165) is 30.3 Å². The van der Waals surface area contributed by atoms with Gasteiger partial charge in [-0.25, -0.2) is 21.6 Å². The highest BCUT2D eigenvalue weighted by molar-refractivity contribution is 7.89. The molecule has 6 nitrogen and oxygen atoms in total. The van der Waals surface area contributed by atoms with Crippen LogP contribution in [0.3, 0.4) is 0 Å². The van der Waals surface area contributed by atoms with Crippen LogP contribution in [0, 0.1) is 23.4 Å². The van der Waals surface area contributed by atoms with Crippen LogP contribution in [0.25, 0.3) is 0 Å². The predicted octanol–water partition coefficient (Wildman–Crippen LogP) is 3.26. The highest BCUT2D eigenvalue weighted by Gasteiger charge is 2.32. The molecule has 33 heavy (non-hydrogen) atoms. The fourth-order valence-corrected chi connectivity index (χ4v) is 5.29. The maximum Gasteiger partial charge on any atom is 0.243 e. The van der Waals surface area contributed by atoms with Crippen LogP contribution in [-0.2, 0) is 21.3 Å². The second kappa shape index (κ2) is 11.9. The van der Waals surface area contributed by atoms with Gasteiger partial charge in [-0.15, -0.1) is 0 Å². The van der Waals surface area contributed by atoms with Gasteiger partial charge in [0.15, 0.2) is 0 Å². The number of halogens is 3. The van der Waals surface area contributed by atoms with E-state index in [9.17, 15) is 26.7 Å². The van der Waals surface area contributed by atoms with Crippen LogP contribution in [0.2, 0.25) is 0 Å². The molecule has 0 bridgehead atoms. The molecular formula is C23H31F3N2O4S. The first-order valence-electron chi connectivity index (χ1n) is 10.5. The Morgan fingerprint density at radius 1 is 1.00 bits per heavy atom. The second-order valence-corrected chi connectivity index (χ2v) is 10.1. The van der Waals surface area contributed by atoms with Crippen LogP contribution in [0.4, 0.5) is 13.2 Å². The number of hydrogen-bond acceptors (Lipinski definition) is 5. The van der Waals surface area contributed by atoms with E-state index in [1.54, 1.807) is 18.9 Å². The van der Waals surface area contributed by atoms with Crippen LogP contribution in [0.5, 0.6) is 0 Å². The van der Waals surface area contributed by atoms with E-state index in [1.165, 1.54) is 23.5 Å². The van der Waals surface area contributed by atoms with E-state index in [-0.39, 0.29) is 29.5 Å². The van der Waals surface area contributed by atoms with Crippen molar-refractivity contribution in [1.29, 1.82) is 0 Å². The van der Waals surface area contributed by atoms with Crippen LogP contribution in [0.15, 0.2) is 47.4 Å². The molecule has 0 saturated heterocycles. The number of ether oxygens (including phenoxy) is 1. The van der Waals surface area contributed by atoms with Gasteiger partial charge < -0.3 is 9.84 Å². The van der Waals surface area contributed by atoms with Crippen molar-refractivity contribution in [2.24, 2.45) is 5.92 Å². The summed E-state index contributed by atoms with van der Waals surface area (Å²) in [6.07, 6.45) is -0.441. The lowest BCUT2D eigenvalue weighted by molar-refractivity contribution is 0.0219. The van der Waals surface area contributed by atoms with Gasteiger partial charge in [-0.1, -0.05) is 6.92 Å². The zero-order valence-electron chi connectivity index (χ0n) is 19.2. The molecule has 184 valence electrons. The summed E-state index contributed by atoms with van der Waals surface area (Å²) in [4.78, 5) is 1.68. The Hall–Kier alpha value is -1.98. The van der Waals surface area contributed by atoms with Crippen molar-refractivity contribution >= 4 is 10.0 Å². The summed E-state index contributed by atoms with van der Waals surface area (Å²) in [6, 6.07) is 7.03. The summed E-state index contributed by atoms with van der Waals surface area (Å²) >= 11 is 0. The quantitative estimate of drug-likeness (QED) is 0.497. The molecule has 10 heteroatoms. The molecule has 1 N–H and O–H groups in total. The smallest absolute Gasteiger partial charge is 0.243 e. The normalized spacial score (nSPS) is 15.1. The van der Waals surface area contributed by atoms with Crippen molar-refractivity contribution < 1.29 is 31.4 Å². The molecule has 0 aliphatic rings. The first-order valence-corrected chi connectivity index (χ1v) is 12.0. The van der Waals surface area contributed by atoms with Crippen molar-refractivity contribution in [3.8, 4) is 0 Å². The van der Waals surface area contributed by atoms with E-state index in [1.807, 2.05) is 6.92 Å². The van der Waals surface area contributed by atoms with Crippen LogP contribution >= 0.6 is 0 Å². The number of rotatable bonds is 12. The van der Waals surface area contributed by atoms with Gasteiger partial charge >= 0.3 is 0 Å². The molecule has 0 saturated carbocycles. The molecule has 0 unspecified atom stereocenters. The Bertz CT molecular complexity index is 1010. The van der Waals surface area contributed by atoms with Crippen molar-refractivity contribution in [1.82, 2.24) is 9.21 Å². The van der Waals surface area contributed by atoms with Crippen molar-refractivity contribution in [2.75, 3.05) is 33.9 Å². The number of aliphatic hydroxyl groups is 1. The lowest BCUT2D eigenvalue weighted by Crippen LogP contribution is -2.46. The largest absolute Gasteiger partial charge is 0.395 e. The van der Waals surface area contributed by atoms with Gasteiger partial charge in [0.05, 0.1) is 17.6 Å². The van der Waals surface area contributed by atoms with Crippen molar-refractivity contribution in [3.63, 3.8) is 0 Å². The Morgan fingerprint density at radius 3 is 2.18 bits per heavy atom. The number of methoxy groups -OCH3 is 1. The number of benzene rings is 2. The lowest BCUT2D eigenvalue weighted by Gasteiger charge is -2.33. The first-order chi connectivity index (χ1) is 15.5. The summed E-state index contributed by atoms with van der Waals surface area (Å²) in [5, 5.41) is 9.65. The Kier molecular flexibility index (Phi) is 9.86. The average molecular weight is 489 g/mol. The van der Waals surface area contributed by atoms with Crippen LogP contribution < -0.4 is 0 Å². The predicted molar refractivity (Wildman–Crippen MR) is 119 cm³/mol. The monoisotopic (exact) mass is 488 g/mol. The van der Waals surface area contributed by atoms with Crippen molar-refractivity contribution in [3.05, 3.63) is 65.5 Å². The average Bonchev–Trinajstić information content (AvgIpc) is 2.77. The summed E-state index contributed by atoms with van der Waals surface area (Å²) in [5.74, 6) is -1.92. The summed E-state index contributed by atoms with van der Waals surface area (Å²) in [7, 11) is -0.786. The van der Waals surface area contributed by atoms with Gasteiger partial charge in [0.1, 0.15) is 17.5 Å². The second-order valence-electron chi connectivity index (χ2n) is 8.24. The summed E-state index contributed by atoms with van der Waals surface area (Å²) < 4.78 is 73.8. The molecule has 0 amide bonds. The number of likely N-dealkylation sites (N-methyl/N-ethyl adjacent to an activating group) is 1. The maximum absolute atomic E-state index is 14.0. The molecule has 0 fully saturated rings. The van der Waals surface area contributed by atoms with Crippen LogP contribution in [0.1, 0.15) is 19.4 Å². The molecule has 0 heterocycles. The molecule has 0 spiro atoms. The van der Waals surface area contributed by atoms with Gasteiger partial charge in [-0.2, -0.15) is 4.31 Å². The number of sulfonamides is 1. The molecule has 2 rings (SSSR count). The lowest BCUT2D eigenvalue weighted by atomic mass is 10.0. The minimum absolute atomic E-state index is 0.0299. The summed E-state index contributed by atoms with van der Waals surface area (Å²) in [5.41, 5.74) is 0.203. The Labute approximate surface area is 193 Å². The minimum Gasteiger partial charge on any atom is -0.395 e. The van der Waals surface area contributed by atoms with E-state index in [2.05, 4.69) is 0 Å². The van der Waals surface area contributed by atoms with E-state index in [0.29, 0.717) is 6.54 Å². The third-order valence-corrected chi connectivity index (χ3v) is 7.52. The maximum atomic E-state index is 14.0. The molecule has 2 aromatic carbocycles. The van der Waals surface area contributed by atoms with E-state index in [4.69, 9.17) is 4.74 Å².